The van der Waals surface area contributed by atoms with Gasteiger partial charge < -0.3 is 10.1 Å². The van der Waals surface area contributed by atoms with Gasteiger partial charge in [0.2, 0.25) is 0 Å². The number of hydrogen-bond donors (Lipinski definition) is 1. The van der Waals surface area contributed by atoms with E-state index in [0.29, 0.717) is 6.61 Å². The molecule has 1 unspecified atom stereocenters. The van der Waals surface area contributed by atoms with Crippen LogP contribution in [0.3, 0.4) is 0 Å². The summed E-state index contributed by atoms with van der Waals surface area (Å²) < 4.78 is 5.85. The van der Waals surface area contributed by atoms with Crippen molar-refractivity contribution in [2.75, 3.05) is 19.0 Å². The highest BCUT2D eigenvalue weighted by Crippen LogP contribution is 2.17. The summed E-state index contributed by atoms with van der Waals surface area (Å²) in [6.45, 7) is 2.68. The zero-order valence-electron chi connectivity index (χ0n) is 7.62. The van der Waals surface area contributed by atoms with Gasteiger partial charge in [0.15, 0.2) is 0 Å². The maximum Gasteiger partial charge on any atom is 0.144 e. The van der Waals surface area contributed by atoms with E-state index in [1.165, 1.54) is 6.33 Å². The molecule has 0 spiro atoms. The molecule has 1 aromatic heterocycles. The van der Waals surface area contributed by atoms with Crippen molar-refractivity contribution in [1.29, 1.82) is 0 Å². The van der Waals surface area contributed by atoms with Crippen molar-refractivity contribution < 1.29 is 4.74 Å². The molecule has 1 rings (SSSR count). The second kappa shape index (κ2) is 5.14. The number of nitrogens with zero attached hydrogens (tertiary/aromatic N) is 2. The van der Waals surface area contributed by atoms with Gasteiger partial charge in [0, 0.05) is 19.3 Å². The molecule has 4 nitrogen and oxygen atoms in total. The first kappa shape index (κ1) is 10.4. The van der Waals surface area contributed by atoms with Crippen LogP contribution in [0.4, 0.5) is 5.82 Å². The van der Waals surface area contributed by atoms with Crippen LogP contribution in [0.5, 0.6) is 0 Å². The minimum atomic E-state index is 0.233. The lowest BCUT2D eigenvalue weighted by molar-refractivity contribution is 0.190. The Balaban J connectivity index is 2.58. The van der Waals surface area contributed by atoms with Crippen LogP contribution in [0, 0.1) is 0 Å². The number of hydrogen-bond acceptors (Lipinski definition) is 4. The van der Waals surface area contributed by atoms with Gasteiger partial charge in [-0.1, -0.05) is 0 Å². The van der Waals surface area contributed by atoms with Crippen LogP contribution in [-0.2, 0) is 4.74 Å². The molecule has 1 heterocycles. The quantitative estimate of drug-likeness (QED) is 0.878. The summed E-state index contributed by atoms with van der Waals surface area (Å²) in [6.07, 6.45) is 3.21. The molecule has 0 bridgehead atoms. The monoisotopic (exact) mass is 245 g/mol. The number of nitrogens with one attached hydrogen (secondary N) is 1. The molecule has 1 N–H and O–H groups in total. The topological polar surface area (TPSA) is 47.0 Å². The molecule has 1 aromatic rings. The lowest BCUT2D eigenvalue weighted by Gasteiger charge is -2.13. The predicted octanol–water partition coefficient (Wildman–Crippen LogP) is 1.69. The van der Waals surface area contributed by atoms with E-state index in [1.54, 1.807) is 13.3 Å². The molecule has 1 atom stereocenters. The summed E-state index contributed by atoms with van der Waals surface area (Å²) in [5.74, 6) is 0.791. The van der Waals surface area contributed by atoms with Crippen molar-refractivity contribution in [1.82, 2.24) is 9.97 Å². The van der Waals surface area contributed by atoms with Gasteiger partial charge in [-0.2, -0.15) is 0 Å². The molecular formula is C8H12BrN3O. The zero-order chi connectivity index (χ0) is 9.68. The van der Waals surface area contributed by atoms with Crippen LogP contribution in [0.2, 0.25) is 0 Å². The molecule has 13 heavy (non-hydrogen) atoms. The first-order valence-electron chi connectivity index (χ1n) is 3.95. The fourth-order valence-electron chi connectivity index (χ4n) is 0.944. The average molecular weight is 246 g/mol. The lowest BCUT2D eigenvalue weighted by Crippen LogP contribution is -2.21. The van der Waals surface area contributed by atoms with Gasteiger partial charge in [-0.25, -0.2) is 9.97 Å². The second-order valence-electron chi connectivity index (χ2n) is 2.72. The van der Waals surface area contributed by atoms with Crippen molar-refractivity contribution in [3.8, 4) is 0 Å². The van der Waals surface area contributed by atoms with E-state index in [4.69, 9.17) is 4.74 Å². The highest BCUT2D eigenvalue weighted by Gasteiger charge is 2.04. The first-order valence-corrected chi connectivity index (χ1v) is 4.74. The largest absolute Gasteiger partial charge is 0.383 e. The fraction of sp³-hybridized carbons (Fsp3) is 0.500. The highest BCUT2D eigenvalue weighted by atomic mass is 79.9. The molecule has 0 aromatic carbocycles. The average Bonchev–Trinajstić information content (AvgIpc) is 2.09. The van der Waals surface area contributed by atoms with Gasteiger partial charge in [-0.05, 0) is 22.9 Å². The predicted molar refractivity (Wildman–Crippen MR) is 54.7 cm³/mol. The molecule has 0 saturated carbocycles. The van der Waals surface area contributed by atoms with E-state index in [2.05, 4.69) is 31.2 Å². The van der Waals surface area contributed by atoms with Gasteiger partial charge in [-0.3, -0.25) is 0 Å². The molecule has 5 heteroatoms. The van der Waals surface area contributed by atoms with Crippen LogP contribution >= 0.6 is 15.9 Å². The molecule has 0 radical (unpaired) electrons. The van der Waals surface area contributed by atoms with Crippen LogP contribution in [-0.4, -0.2) is 29.7 Å². The normalized spacial score (nSPS) is 12.5. The van der Waals surface area contributed by atoms with E-state index in [-0.39, 0.29) is 6.04 Å². The van der Waals surface area contributed by atoms with Gasteiger partial charge in [0.05, 0.1) is 11.1 Å². The summed E-state index contributed by atoms with van der Waals surface area (Å²) >= 11 is 3.35. The molecule has 0 aliphatic carbocycles. The summed E-state index contributed by atoms with van der Waals surface area (Å²) in [6, 6.07) is 0.233. The van der Waals surface area contributed by atoms with Gasteiger partial charge in [0.25, 0.3) is 0 Å². The molecule has 0 fully saturated rings. The maximum absolute atomic E-state index is 4.99. The van der Waals surface area contributed by atoms with E-state index in [9.17, 15) is 0 Å². The van der Waals surface area contributed by atoms with E-state index < -0.39 is 0 Å². The number of ether oxygens (including phenoxy) is 1. The smallest absolute Gasteiger partial charge is 0.144 e. The Labute approximate surface area is 85.9 Å². The summed E-state index contributed by atoms with van der Waals surface area (Å²) in [5, 5.41) is 3.19. The minimum Gasteiger partial charge on any atom is -0.383 e. The fourth-order valence-corrected chi connectivity index (χ4v) is 1.28. The number of methoxy groups -OCH3 is 1. The van der Waals surface area contributed by atoms with E-state index in [1.807, 2.05) is 6.92 Å². The highest BCUT2D eigenvalue weighted by molar-refractivity contribution is 9.10. The Kier molecular flexibility index (Phi) is 4.11. The Morgan fingerprint density at radius 2 is 2.46 bits per heavy atom. The number of aromatic nitrogens is 2. The Bertz CT molecular complexity index is 269. The molecule has 0 aliphatic heterocycles. The Morgan fingerprint density at radius 3 is 3.08 bits per heavy atom. The summed E-state index contributed by atoms with van der Waals surface area (Å²) in [4.78, 5) is 7.94. The summed E-state index contributed by atoms with van der Waals surface area (Å²) in [5.41, 5.74) is 0. The number of rotatable bonds is 4. The van der Waals surface area contributed by atoms with Crippen LogP contribution in [0.15, 0.2) is 17.0 Å². The molecular weight excluding hydrogens is 234 g/mol. The Morgan fingerprint density at radius 1 is 1.69 bits per heavy atom. The third-order valence-corrected chi connectivity index (χ3v) is 2.05. The number of anilines is 1. The standard InChI is InChI=1S/C8H12BrN3O/c1-6(4-13-2)12-8-7(9)3-10-5-11-8/h3,5-6H,4H2,1-2H3,(H,10,11,12). The third kappa shape index (κ3) is 3.28. The van der Waals surface area contributed by atoms with Crippen molar-refractivity contribution in [2.45, 2.75) is 13.0 Å². The number of halogens is 1. The van der Waals surface area contributed by atoms with Gasteiger partial charge in [-0.15, -0.1) is 0 Å². The van der Waals surface area contributed by atoms with Gasteiger partial charge in [0.1, 0.15) is 12.1 Å². The van der Waals surface area contributed by atoms with Crippen molar-refractivity contribution in [3.63, 3.8) is 0 Å². The maximum atomic E-state index is 4.99. The van der Waals surface area contributed by atoms with Crippen molar-refractivity contribution in [2.24, 2.45) is 0 Å². The van der Waals surface area contributed by atoms with Crippen molar-refractivity contribution in [3.05, 3.63) is 17.0 Å². The van der Waals surface area contributed by atoms with Crippen molar-refractivity contribution >= 4 is 21.7 Å². The van der Waals surface area contributed by atoms with Crippen LogP contribution < -0.4 is 5.32 Å². The second-order valence-corrected chi connectivity index (χ2v) is 3.57. The molecule has 0 aliphatic rings. The Hall–Kier alpha value is -0.680. The molecule has 0 saturated heterocycles. The SMILES string of the molecule is COCC(C)Nc1ncncc1Br. The first-order chi connectivity index (χ1) is 6.24. The van der Waals surface area contributed by atoms with E-state index >= 15 is 0 Å². The van der Waals surface area contributed by atoms with E-state index in [0.717, 1.165) is 10.3 Å². The van der Waals surface area contributed by atoms with Crippen LogP contribution in [0.25, 0.3) is 0 Å². The third-order valence-electron chi connectivity index (χ3n) is 1.47. The molecule has 0 amide bonds. The van der Waals surface area contributed by atoms with Gasteiger partial charge >= 0.3 is 0 Å². The summed E-state index contributed by atoms with van der Waals surface area (Å²) in [7, 11) is 1.67. The molecule has 72 valence electrons. The lowest BCUT2D eigenvalue weighted by atomic mass is 10.3. The van der Waals surface area contributed by atoms with Crippen LogP contribution in [0.1, 0.15) is 6.92 Å². The minimum absolute atomic E-state index is 0.233. The zero-order valence-corrected chi connectivity index (χ0v) is 9.21.